The van der Waals surface area contributed by atoms with Gasteiger partial charge in [0.15, 0.2) is 0 Å². The highest BCUT2D eigenvalue weighted by atomic mass is 16.5. The first-order chi connectivity index (χ1) is 8.14. The number of nitrogens with zero attached hydrogens (tertiary/aromatic N) is 1. The number of piperidine rings is 1. The zero-order valence-corrected chi connectivity index (χ0v) is 11.2. The van der Waals surface area contributed by atoms with Gasteiger partial charge in [0, 0.05) is 20.1 Å². The van der Waals surface area contributed by atoms with E-state index in [1.165, 1.54) is 12.8 Å². The molecule has 1 saturated heterocycles. The molecule has 2 unspecified atom stereocenters. The zero-order chi connectivity index (χ0) is 12.3. The molecular weight excluding hydrogens is 214 g/mol. The molecule has 3 nitrogen and oxygen atoms in total. The van der Waals surface area contributed by atoms with E-state index in [0.717, 1.165) is 45.2 Å². The van der Waals surface area contributed by atoms with Crippen molar-refractivity contribution >= 4 is 5.78 Å². The largest absolute Gasteiger partial charge is 0.377 e. The number of ether oxygens (including phenoxy) is 1. The van der Waals surface area contributed by atoms with Gasteiger partial charge in [-0.15, -0.1) is 0 Å². The van der Waals surface area contributed by atoms with E-state index >= 15 is 0 Å². The molecule has 0 amide bonds. The number of hydrogen-bond acceptors (Lipinski definition) is 3. The second kappa shape index (κ2) is 5.49. The van der Waals surface area contributed by atoms with Crippen molar-refractivity contribution in [1.82, 2.24) is 4.90 Å². The smallest absolute Gasteiger partial charge is 0.149 e. The van der Waals surface area contributed by atoms with Gasteiger partial charge in [0.25, 0.3) is 0 Å². The minimum Gasteiger partial charge on any atom is -0.377 e. The molecule has 2 atom stereocenters. The van der Waals surface area contributed by atoms with Crippen LogP contribution in [0.4, 0.5) is 0 Å². The van der Waals surface area contributed by atoms with Gasteiger partial charge >= 0.3 is 0 Å². The van der Waals surface area contributed by atoms with Gasteiger partial charge < -0.3 is 4.74 Å². The van der Waals surface area contributed by atoms with Crippen molar-refractivity contribution < 1.29 is 9.53 Å². The number of methoxy groups -OCH3 is 1. The number of likely N-dealkylation sites (tertiary alicyclic amines) is 1. The fraction of sp³-hybridized carbons (Fsp3) is 0.929. The SMILES string of the molecule is COC1(C)CCCN(C2CCCCCC2=O)C1. The Hall–Kier alpha value is -0.410. The third kappa shape index (κ3) is 3.08. The summed E-state index contributed by atoms with van der Waals surface area (Å²) in [5.41, 5.74) is -0.0508. The average molecular weight is 239 g/mol. The molecule has 0 radical (unpaired) electrons. The summed E-state index contributed by atoms with van der Waals surface area (Å²) in [6.45, 7) is 4.15. The molecule has 0 aromatic rings. The van der Waals surface area contributed by atoms with Crippen molar-refractivity contribution in [3.63, 3.8) is 0 Å². The van der Waals surface area contributed by atoms with Crippen LogP contribution in [0.5, 0.6) is 0 Å². The second-order valence-electron chi connectivity index (χ2n) is 5.81. The first kappa shape index (κ1) is 13.0. The Bertz CT molecular complexity index is 279. The fourth-order valence-corrected chi connectivity index (χ4v) is 3.20. The molecule has 2 fully saturated rings. The molecule has 0 N–H and O–H groups in total. The van der Waals surface area contributed by atoms with Crippen LogP contribution in [0, 0.1) is 0 Å². The van der Waals surface area contributed by atoms with Gasteiger partial charge in [-0.2, -0.15) is 0 Å². The van der Waals surface area contributed by atoms with Gasteiger partial charge in [-0.05, 0) is 39.2 Å². The van der Waals surface area contributed by atoms with Crippen LogP contribution < -0.4 is 0 Å². The van der Waals surface area contributed by atoms with Crippen LogP contribution in [0.25, 0.3) is 0 Å². The highest BCUT2D eigenvalue weighted by Crippen LogP contribution is 2.28. The van der Waals surface area contributed by atoms with Gasteiger partial charge in [-0.25, -0.2) is 0 Å². The lowest BCUT2D eigenvalue weighted by atomic mass is 9.92. The predicted molar refractivity (Wildman–Crippen MR) is 68.1 cm³/mol. The van der Waals surface area contributed by atoms with E-state index in [4.69, 9.17) is 4.74 Å². The summed E-state index contributed by atoms with van der Waals surface area (Å²) in [7, 11) is 1.79. The maximum absolute atomic E-state index is 12.1. The van der Waals surface area contributed by atoms with Gasteiger partial charge in [-0.3, -0.25) is 9.69 Å². The predicted octanol–water partition coefficient (Wildman–Crippen LogP) is 2.39. The molecule has 1 aliphatic carbocycles. The Kier molecular flexibility index (Phi) is 4.21. The molecule has 2 rings (SSSR count). The molecule has 0 aromatic carbocycles. The van der Waals surface area contributed by atoms with Gasteiger partial charge in [0.2, 0.25) is 0 Å². The summed E-state index contributed by atoms with van der Waals surface area (Å²) < 4.78 is 5.61. The minimum atomic E-state index is -0.0508. The summed E-state index contributed by atoms with van der Waals surface area (Å²) in [4.78, 5) is 14.5. The molecule has 0 spiro atoms. The Labute approximate surface area is 105 Å². The van der Waals surface area contributed by atoms with Crippen molar-refractivity contribution in [2.45, 2.75) is 63.5 Å². The lowest BCUT2D eigenvalue weighted by Crippen LogP contribution is -2.53. The first-order valence-electron chi connectivity index (χ1n) is 6.96. The maximum Gasteiger partial charge on any atom is 0.149 e. The summed E-state index contributed by atoms with van der Waals surface area (Å²) in [5.74, 6) is 0.461. The van der Waals surface area contributed by atoms with E-state index in [9.17, 15) is 4.79 Å². The number of hydrogen-bond donors (Lipinski definition) is 0. The van der Waals surface area contributed by atoms with Crippen LogP contribution in [0.15, 0.2) is 0 Å². The van der Waals surface area contributed by atoms with E-state index in [-0.39, 0.29) is 11.6 Å². The van der Waals surface area contributed by atoms with E-state index in [1.54, 1.807) is 7.11 Å². The van der Waals surface area contributed by atoms with Crippen molar-refractivity contribution in [1.29, 1.82) is 0 Å². The van der Waals surface area contributed by atoms with Crippen molar-refractivity contribution in [2.75, 3.05) is 20.2 Å². The highest BCUT2D eigenvalue weighted by molar-refractivity contribution is 5.84. The molecule has 3 heteroatoms. The van der Waals surface area contributed by atoms with Crippen LogP contribution in [-0.2, 0) is 9.53 Å². The summed E-state index contributed by atoms with van der Waals surface area (Å²) in [6.07, 6.45) is 7.61. The number of ketones is 1. The maximum atomic E-state index is 12.1. The van der Waals surface area contributed by atoms with Crippen LogP contribution in [0.3, 0.4) is 0 Å². The van der Waals surface area contributed by atoms with Crippen molar-refractivity contribution in [3.05, 3.63) is 0 Å². The number of Topliss-reactive ketones (excluding diaryl/α,β-unsaturated/α-hetero) is 1. The van der Waals surface area contributed by atoms with Gasteiger partial charge in [0.05, 0.1) is 11.6 Å². The zero-order valence-electron chi connectivity index (χ0n) is 11.2. The Morgan fingerprint density at radius 3 is 2.88 bits per heavy atom. The van der Waals surface area contributed by atoms with Crippen LogP contribution in [0.2, 0.25) is 0 Å². The lowest BCUT2D eigenvalue weighted by molar-refractivity contribution is -0.128. The molecule has 1 aliphatic heterocycles. The third-order valence-electron chi connectivity index (χ3n) is 4.39. The third-order valence-corrected chi connectivity index (χ3v) is 4.39. The van der Waals surface area contributed by atoms with Crippen LogP contribution in [-0.4, -0.2) is 42.5 Å². The van der Waals surface area contributed by atoms with Crippen molar-refractivity contribution in [3.8, 4) is 0 Å². The average Bonchev–Trinajstić information content (AvgIpc) is 2.54. The summed E-state index contributed by atoms with van der Waals surface area (Å²) >= 11 is 0. The Balaban J connectivity index is 2.02. The summed E-state index contributed by atoms with van der Waals surface area (Å²) in [6, 6.07) is 0.173. The molecular formula is C14H25NO2. The molecule has 0 bridgehead atoms. The minimum absolute atomic E-state index is 0.0508. The monoisotopic (exact) mass is 239 g/mol. The molecule has 2 aliphatic rings. The number of carbonyl (C=O) groups is 1. The van der Waals surface area contributed by atoms with Crippen LogP contribution in [0.1, 0.15) is 51.9 Å². The highest BCUT2D eigenvalue weighted by Gasteiger charge is 2.36. The normalized spacial score (nSPS) is 36.8. The van der Waals surface area contributed by atoms with Gasteiger partial charge in [-0.1, -0.05) is 12.8 Å². The van der Waals surface area contributed by atoms with E-state index in [2.05, 4.69) is 11.8 Å². The molecule has 1 heterocycles. The van der Waals surface area contributed by atoms with E-state index in [0.29, 0.717) is 5.78 Å². The quantitative estimate of drug-likeness (QED) is 0.693. The molecule has 17 heavy (non-hydrogen) atoms. The standard InChI is InChI=1S/C14H25NO2/c1-14(17-2)9-6-10-15(11-14)12-7-4-3-5-8-13(12)16/h12H,3-11H2,1-2H3. The topological polar surface area (TPSA) is 29.5 Å². The Morgan fingerprint density at radius 2 is 2.12 bits per heavy atom. The van der Waals surface area contributed by atoms with Crippen molar-refractivity contribution in [2.24, 2.45) is 0 Å². The summed E-state index contributed by atoms with van der Waals surface area (Å²) in [5, 5.41) is 0. The second-order valence-corrected chi connectivity index (χ2v) is 5.81. The van der Waals surface area contributed by atoms with E-state index in [1.807, 2.05) is 0 Å². The fourth-order valence-electron chi connectivity index (χ4n) is 3.20. The van der Waals surface area contributed by atoms with Gasteiger partial charge in [0.1, 0.15) is 5.78 Å². The first-order valence-corrected chi connectivity index (χ1v) is 6.96. The molecule has 0 aromatic heterocycles. The lowest BCUT2D eigenvalue weighted by Gasteiger charge is -2.42. The number of rotatable bonds is 2. The molecule has 98 valence electrons. The Morgan fingerprint density at radius 1 is 1.29 bits per heavy atom. The molecule has 1 saturated carbocycles. The van der Waals surface area contributed by atoms with Crippen LogP contribution >= 0.6 is 0 Å². The number of carbonyl (C=O) groups excluding carboxylic acids is 1. The van der Waals surface area contributed by atoms with E-state index < -0.39 is 0 Å².